The maximum Gasteiger partial charge on any atom is 0.251 e. The van der Waals surface area contributed by atoms with E-state index in [0.29, 0.717) is 24.5 Å². The number of rotatable bonds is 6. The number of amides is 1. The summed E-state index contributed by atoms with van der Waals surface area (Å²) < 4.78 is 20.6. The maximum atomic E-state index is 12.9. The summed E-state index contributed by atoms with van der Waals surface area (Å²) >= 11 is 0. The Morgan fingerprint density at radius 1 is 1.04 bits per heavy atom. The Morgan fingerprint density at radius 2 is 1.82 bits per heavy atom. The smallest absolute Gasteiger partial charge is 0.251 e. The summed E-state index contributed by atoms with van der Waals surface area (Å²) in [6.07, 6.45) is 3.86. The summed E-state index contributed by atoms with van der Waals surface area (Å²) in [6.45, 7) is 0.684. The van der Waals surface area contributed by atoms with Crippen LogP contribution in [0.3, 0.4) is 0 Å². The van der Waals surface area contributed by atoms with E-state index in [0.717, 1.165) is 16.9 Å². The molecule has 1 N–H and O–H groups in total. The highest BCUT2D eigenvalue weighted by atomic mass is 19.1. The molecule has 0 radical (unpaired) electrons. The van der Waals surface area contributed by atoms with E-state index in [1.807, 2.05) is 35.0 Å². The normalized spacial score (nSPS) is 10.8. The first-order valence-corrected chi connectivity index (χ1v) is 8.85. The standard InChI is InChI=1S/C22H18FN3O2/c23-18-8-4-16(5-9-18)13-24-22(27)17-6-10-20(11-7-17)28-15-19-14-26-12-2-1-3-21(26)25-19/h1-12,14H,13,15H2,(H,24,27). The fraction of sp³-hybridized carbons (Fsp3) is 0.0909. The number of hydrogen-bond donors (Lipinski definition) is 1. The van der Waals surface area contributed by atoms with Gasteiger partial charge in [0.15, 0.2) is 0 Å². The Kier molecular flexibility index (Phi) is 5.01. The highest BCUT2D eigenvalue weighted by molar-refractivity contribution is 5.94. The van der Waals surface area contributed by atoms with Crippen molar-refractivity contribution in [2.45, 2.75) is 13.2 Å². The molecule has 140 valence electrons. The van der Waals surface area contributed by atoms with Gasteiger partial charge >= 0.3 is 0 Å². The zero-order chi connectivity index (χ0) is 19.3. The molecule has 1 amide bonds. The molecular formula is C22H18FN3O2. The third-order valence-corrected chi connectivity index (χ3v) is 4.28. The summed E-state index contributed by atoms with van der Waals surface area (Å²) in [4.78, 5) is 16.7. The van der Waals surface area contributed by atoms with Gasteiger partial charge in [-0.1, -0.05) is 18.2 Å². The van der Waals surface area contributed by atoms with Gasteiger partial charge in [0, 0.05) is 24.5 Å². The van der Waals surface area contributed by atoms with E-state index < -0.39 is 0 Å². The van der Waals surface area contributed by atoms with Crippen LogP contribution in [-0.4, -0.2) is 15.3 Å². The van der Waals surface area contributed by atoms with Gasteiger partial charge in [0.25, 0.3) is 5.91 Å². The number of hydrogen-bond acceptors (Lipinski definition) is 3. The SMILES string of the molecule is O=C(NCc1ccc(F)cc1)c1ccc(OCc2cn3ccccc3n2)cc1. The minimum atomic E-state index is -0.297. The molecule has 6 heteroatoms. The molecule has 0 aliphatic rings. The Bertz CT molecular complexity index is 1060. The Labute approximate surface area is 161 Å². The largest absolute Gasteiger partial charge is 0.487 e. The summed E-state index contributed by atoms with van der Waals surface area (Å²) in [5, 5.41) is 2.81. The highest BCUT2D eigenvalue weighted by Crippen LogP contribution is 2.15. The van der Waals surface area contributed by atoms with Crippen molar-refractivity contribution in [1.29, 1.82) is 0 Å². The zero-order valence-electron chi connectivity index (χ0n) is 15.0. The van der Waals surface area contributed by atoms with Gasteiger partial charge in [0.1, 0.15) is 23.8 Å². The number of carbonyl (C=O) groups excluding carboxylic acids is 1. The fourth-order valence-corrected chi connectivity index (χ4v) is 2.80. The first-order chi connectivity index (χ1) is 13.7. The fourth-order valence-electron chi connectivity index (χ4n) is 2.80. The number of nitrogens with one attached hydrogen (secondary N) is 1. The molecular weight excluding hydrogens is 357 g/mol. The van der Waals surface area contributed by atoms with Crippen molar-refractivity contribution in [3.8, 4) is 5.75 Å². The van der Waals surface area contributed by atoms with E-state index in [9.17, 15) is 9.18 Å². The zero-order valence-corrected chi connectivity index (χ0v) is 15.0. The van der Waals surface area contributed by atoms with Crippen molar-refractivity contribution in [2.75, 3.05) is 0 Å². The van der Waals surface area contributed by atoms with Crippen LogP contribution in [0, 0.1) is 5.82 Å². The lowest BCUT2D eigenvalue weighted by atomic mass is 10.2. The molecule has 4 aromatic rings. The molecule has 0 fully saturated rings. The lowest BCUT2D eigenvalue weighted by Crippen LogP contribution is -2.22. The first kappa shape index (κ1) is 17.7. The Morgan fingerprint density at radius 3 is 2.57 bits per heavy atom. The summed E-state index contributed by atoms with van der Waals surface area (Å²) in [7, 11) is 0. The minimum absolute atomic E-state index is 0.198. The van der Waals surface area contributed by atoms with E-state index in [2.05, 4.69) is 10.3 Å². The third kappa shape index (κ3) is 4.17. The van der Waals surface area contributed by atoms with Crippen molar-refractivity contribution in [3.63, 3.8) is 0 Å². The van der Waals surface area contributed by atoms with Crippen LogP contribution in [0.1, 0.15) is 21.6 Å². The molecule has 4 rings (SSSR count). The average Bonchev–Trinajstić information content (AvgIpc) is 3.15. The third-order valence-electron chi connectivity index (χ3n) is 4.28. The maximum absolute atomic E-state index is 12.9. The lowest BCUT2D eigenvalue weighted by Gasteiger charge is -2.07. The molecule has 2 aromatic carbocycles. The number of halogens is 1. The van der Waals surface area contributed by atoms with Crippen LogP contribution in [0.15, 0.2) is 79.1 Å². The molecule has 0 unspecified atom stereocenters. The number of ether oxygens (including phenoxy) is 1. The number of fused-ring (bicyclic) bond motifs is 1. The Hall–Kier alpha value is -3.67. The summed E-state index contributed by atoms with van der Waals surface area (Å²) in [6, 6.07) is 18.8. The van der Waals surface area contributed by atoms with Gasteiger partial charge < -0.3 is 14.5 Å². The van der Waals surface area contributed by atoms with Crippen molar-refractivity contribution in [3.05, 3.63) is 102 Å². The molecule has 28 heavy (non-hydrogen) atoms. The van der Waals surface area contributed by atoms with Crippen LogP contribution in [-0.2, 0) is 13.2 Å². The van der Waals surface area contributed by atoms with Crippen molar-refractivity contribution in [2.24, 2.45) is 0 Å². The molecule has 2 aromatic heterocycles. The molecule has 0 aliphatic heterocycles. The van der Waals surface area contributed by atoms with Gasteiger partial charge in [-0.3, -0.25) is 4.79 Å². The molecule has 0 atom stereocenters. The van der Waals surface area contributed by atoms with Gasteiger partial charge in [-0.25, -0.2) is 9.37 Å². The lowest BCUT2D eigenvalue weighted by molar-refractivity contribution is 0.0951. The van der Waals surface area contributed by atoms with Crippen molar-refractivity contribution < 1.29 is 13.9 Å². The van der Waals surface area contributed by atoms with Gasteiger partial charge in [0.2, 0.25) is 0 Å². The highest BCUT2D eigenvalue weighted by Gasteiger charge is 2.07. The number of imidazole rings is 1. The van der Waals surface area contributed by atoms with E-state index in [-0.39, 0.29) is 11.7 Å². The van der Waals surface area contributed by atoms with Crippen molar-refractivity contribution in [1.82, 2.24) is 14.7 Å². The van der Waals surface area contributed by atoms with Gasteiger partial charge in [0.05, 0.1) is 5.69 Å². The van der Waals surface area contributed by atoms with Crippen molar-refractivity contribution >= 4 is 11.6 Å². The Balaban J connectivity index is 1.32. The van der Waals surface area contributed by atoms with Crippen LogP contribution in [0.25, 0.3) is 5.65 Å². The number of benzene rings is 2. The van der Waals surface area contributed by atoms with Gasteiger partial charge in [-0.15, -0.1) is 0 Å². The van der Waals surface area contributed by atoms with Crippen LogP contribution < -0.4 is 10.1 Å². The van der Waals surface area contributed by atoms with Gasteiger partial charge in [-0.05, 0) is 54.1 Å². The summed E-state index contributed by atoms with van der Waals surface area (Å²) in [5.74, 6) is 0.165. The van der Waals surface area contributed by atoms with Crippen LogP contribution in [0.5, 0.6) is 5.75 Å². The molecule has 2 heterocycles. The predicted molar refractivity (Wildman–Crippen MR) is 104 cm³/mol. The molecule has 5 nitrogen and oxygen atoms in total. The van der Waals surface area contributed by atoms with Crippen LogP contribution in [0.4, 0.5) is 4.39 Å². The van der Waals surface area contributed by atoms with E-state index in [4.69, 9.17) is 4.74 Å². The summed E-state index contributed by atoms with van der Waals surface area (Å²) in [5.41, 5.74) is 3.06. The van der Waals surface area contributed by atoms with Crippen LogP contribution in [0.2, 0.25) is 0 Å². The van der Waals surface area contributed by atoms with E-state index in [1.54, 1.807) is 36.4 Å². The molecule has 0 spiro atoms. The second kappa shape index (κ2) is 7.92. The second-order valence-corrected chi connectivity index (χ2v) is 6.32. The number of pyridine rings is 1. The molecule has 0 saturated heterocycles. The topological polar surface area (TPSA) is 55.6 Å². The van der Waals surface area contributed by atoms with Gasteiger partial charge in [-0.2, -0.15) is 0 Å². The number of nitrogens with zero attached hydrogens (tertiary/aromatic N) is 2. The first-order valence-electron chi connectivity index (χ1n) is 8.85. The number of carbonyl (C=O) groups is 1. The van der Waals surface area contributed by atoms with E-state index >= 15 is 0 Å². The minimum Gasteiger partial charge on any atom is -0.487 e. The van der Waals surface area contributed by atoms with Crippen LogP contribution >= 0.6 is 0 Å². The predicted octanol–water partition coefficient (Wildman–Crippen LogP) is 3.98. The molecule has 0 aliphatic carbocycles. The monoisotopic (exact) mass is 375 g/mol. The molecule has 0 bridgehead atoms. The second-order valence-electron chi connectivity index (χ2n) is 6.32. The quantitative estimate of drug-likeness (QED) is 0.555. The number of aromatic nitrogens is 2. The van der Waals surface area contributed by atoms with E-state index in [1.165, 1.54) is 12.1 Å². The molecule has 0 saturated carbocycles. The average molecular weight is 375 g/mol.